The SMILES string of the molecule is CC=CC(=O)OCCCO[Si]([O-])([O-])[O-].[Na+].[Na+].[Na+]. The molecule has 0 fully saturated rings. The molecule has 17 heavy (non-hydrogen) atoms. The number of esters is 1. The van der Waals surface area contributed by atoms with Gasteiger partial charge in [-0.05, 0) is 6.92 Å². The van der Waals surface area contributed by atoms with Crippen molar-refractivity contribution in [3.05, 3.63) is 12.2 Å². The third kappa shape index (κ3) is 23.7. The molecule has 0 aromatic rings. The number of carbonyl (C=O) groups excluding carboxylic acids is 1. The maximum Gasteiger partial charge on any atom is 1.00 e. The van der Waals surface area contributed by atoms with Gasteiger partial charge in [0, 0.05) is 19.1 Å². The number of carbonyl (C=O) groups is 1. The Morgan fingerprint density at radius 2 is 1.71 bits per heavy atom. The average molecular weight is 288 g/mol. The van der Waals surface area contributed by atoms with E-state index in [1.807, 2.05) is 0 Å². The zero-order valence-electron chi connectivity index (χ0n) is 10.7. The normalized spacial score (nSPS) is 9.88. The second kappa shape index (κ2) is 16.3. The maximum atomic E-state index is 10.7. The minimum absolute atomic E-state index is 0. The summed E-state index contributed by atoms with van der Waals surface area (Å²) in [6.45, 7) is 1.43. The van der Waals surface area contributed by atoms with Gasteiger partial charge in [-0.15, -0.1) is 9.05 Å². The molecule has 10 heteroatoms. The summed E-state index contributed by atoms with van der Waals surface area (Å²) in [5.74, 6) is -0.512. The van der Waals surface area contributed by atoms with Crippen molar-refractivity contribution in [3.63, 3.8) is 0 Å². The molecule has 0 bridgehead atoms. The predicted octanol–water partition coefficient (Wildman–Crippen LogP) is -12.0. The van der Waals surface area contributed by atoms with Crippen molar-refractivity contribution < 1.29 is 117 Å². The van der Waals surface area contributed by atoms with E-state index in [0.717, 1.165) is 0 Å². The zero-order chi connectivity index (χ0) is 11.0. The summed E-state index contributed by atoms with van der Waals surface area (Å²) in [4.78, 5) is 40.6. The standard InChI is InChI=1S/C7H11O6Si.3Na/c1-2-4-7(8)12-5-3-6-13-14(9,10)11;;;/h2,4H,3,5-6H2,1H3;;;/q-3;3*+1. The van der Waals surface area contributed by atoms with Gasteiger partial charge in [-0.1, -0.05) is 6.08 Å². The van der Waals surface area contributed by atoms with Crippen LogP contribution in [0.1, 0.15) is 13.3 Å². The van der Waals surface area contributed by atoms with Crippen LogP contribution in [0.4, 0.5) is 0 Å². The fraction of sp³-hybridized carbons (Fsp3) is 0.571. The van der Waals surface area contributed by atoms with Gasteiger partial charge in [-0.25, -0.2) is 4.79 Å². The van der Waals surface area contributed by atoms with Crippen LogP contribution in [-0.4, -0.2) is 28.2 Å². The van der Waals surface area contributed by atoms with Crippen molar-refractivity contribution in [1.29, 1.82) is 0 Å². The Hall–Kier alpha value is 2.27. The minimum atomic E-state index is -5.15. The third-order valence-electron chi connectivity index (χ3n) is 1.11. The molecular formula is C7H11Na3O6Si. The summed E-state index contributed by atoms with van der Waals surface area (Å²) in [5.41, 5.74) is 0. The first kappa shape index (κ1) is 27.6. The molecule has 0 rings (SSSR count). The molecule has 0 aromatic carbocycles. The van der Waals surface area contributed by atoms with Gasteiger partial charge in [-0.3, -0.25) is 0 Å². The molecule has 0 unspecified atom stereocenters. The van der Waals surface area contributed by atoms with Crippen molar-refractivity contribution >= 4 is 15.0 Å². The van der Waals surface area contributed by atoms with Crippen molar-refractivity contribution in [2.24, 2.45) is 0 Å². The zero-order valence-corrected chi connectivity index (χ0v) is 17.7. The van der Waals surface area contributed by atoms with Gasteiger partial charge in [0.2, 0.25) is 0 Å². The van der Waals surface area contributed by atoms with E-state index < -0.39 is 15.0 Å². The van der Waals surface area contributed by atoms with E-state index in [-0.39, 0.29) is 108 Å². The molecule has 0 radical (unpaired) electrons. The quantitative estimate of drug-likeness (QED) is 0.208. The summed E-state index contributed by atoms with van der Waals surface area (Å²) in [6, 6.07) is 0. The summed E-state index contributed by atoms with van der Waals surface area (Å²) < 4.78 is 8.53. The van der Waals surface area contributed by atoms with Gasteiger partial charge in [-0.2, -0.15) is 0 Å². The summed E-state index contributed by atoms with van der Waals surface area (Å²) in [7, 11) is -5.15. The van der Waals surface area contributed by atoms with E-state index in [9.17, 15) is 19.2 Å². The van der Waals surface area contributed by atoms with Crippen LogP contribution in [0.3, 0.4) is 0 Å². The third-order valence-corrected chi connectivity index (χ3v) is 1.67. The largest absolute Gasteiger partial charge is 1.00 e. The summed E-state index contributed by atoms with van der Waals surface area (Å²) >= 11 is 0. The first-order chi connectivity index (χ1) is 6.45. The Morgan fingerprint density at radius 3 is 2.12 bits per heavy atom. The van der Waals surface area contributed by atoms with Crippen molar-refractivity contribution in [3.8, 4) is 0 Å². The number of rotatable bonds is 6. The van der Waals surface area contributed by atoms with Crippen molar-refractivity contribution in [2.45, 2.75) is 13.3 Å². The van der Waals surface area contributed by atoms with Crippen LogP contribution in [0.2, 0.25) is 0 Å². The molecule has 0 saturated carbocycles. The maximum absolute atomic E-state index is 10.7. The van der Waals surface area contributed by atoms with E-state index in [2.05, 4.69) is 9.16 Å². The first-order valence-corrected chi connectivity index (χ1v) is 5.63. The van der Waals surface area contributed by atoms with Crippen molar-refractivity contribution in [2.75, 3.05) is 13.2 Å². The van der Waals surface area contributed by atoms with Gasteiger partial charge in [0.25, 0.3) is 0 Å². The second-order valence-electron chi connectivity index (χ2n) is 2.37. The molecule has 0 saturated heterocycles. The Labute approximate surface area is 168 Å². The minimum Gasteiger partial charge on any atom is -0.861 e. The van der Waals surface area contributed by atoms with Crippen LogP contribution in [0, 0.1) is 0 Å². The molecule has 0 aliphatic carbocycles. The molecule has 0 spiro atoms. The smallest absolute Gasteiger partial charge is 0.861 e. The number of hydrogen-bond donors (Lipinski definition) is 0. The Balaban J connectivity index is -0.000000282. The predicted molar refractivity (Wildman–Crippen MR) is 42.1 cm³/mol. The first-order valence-electron chi connectivity index (χ1n) is 4.00. The van der Waals surface area contributed by atoms with E-state index in [0.29, 0.717) is 0 Å². The van der Waals surface area contributed by atoms with Crippen molar-refractivity contribution in [1.82, 2.24) is 0 Å². The van der Waals surface area contributed by atoms with Crippen LogP contribution in [0.5, 0.6) is 0 Å². The van der Waals surface area contributed by atoms with Crippen LogP contribution in [0.15, 0.2) is 12.2 Å². The molecular weight excluding hydrogens is 277 g/mol. The summed E-state index contributed by atoms with van der Waals surface area (Å²) in [5, 5.41) is 0. The van der Waals surface area contributed by atoms with E-state index in [1.54, 1.807) is 6.92 Å². The molecule has 0 aliphatic rings. The molecule has 82 valence electrons. The van der Waals surface area contributed by atoms with Gasteiger partial charge in [0.15, 0.2) is 0 Å². The topological polar surface area (TPSA) is 105 Å². The molecule has 0 aromatic heterocycles. The number of allylic oxidation sites excluding steroid dienone is 1. The Morgan fingerprint density at radius 1 is 1.18 bits per heavy atom. The molecule has 0 N–H and O–H groups in total. The van der Waals surface area contributed by atoms with E-state index in [4.69, 9.17) is 0 Å². The fourth-order valence-electron chi connectivity index (χ4n) is 0.613. The van der Waals surface area contributed by atoms with E-state index >= 15 is 0 Å². The number of ether oxygens (including phenoxy) is 1. The molecule has 0 aliphatic heterocycles. The molecule has 0 atom stereocenters. The van der Waals surface area contributed by atoms with Gasteiger partial charge in [0.05, 0.1) is 6.61 Å². The van der Waals surface area contributed by atoms with Crippen LogP contribution in [0.25, 0.3) is 0 Å². The Bertz CT molecular complexity index is 208. The van der Waals surface area contributed by atoms with E-state index in [1.165, 1.54) is 12.2 Å². The molecule has 0 amide bonds. The monoisotopic (exact) mass is 288 g/mol. The molecule has 0 heterocycles. The van der Waals surface area contributed by atoms with Crippen LogP contribution < -0.4 is 103 Å². The van der Waals surface area contributed by atoms with Crippen LogP contribution in [-0.2, 0) is 14.0 Å². The summed E-state index contributed by atoms with van der Waals surface area (Å²) in [6.07, 6.45) is 2.92. The number of hydrogen-bond acceptors (Lipinski definition) is 6. The second-order valence-corrected chi connectivity index (χ2v) is 3.66. The van der Waals surface area contributed by atoms with Crippen LogP contribution >= 0.6 is 0 Å². The average Bonchev–Trinajstić information content (AvgIpc) is 2.02. The van der Waals surface area contributed by atoms with Gasteiger partial charge < -0.3 is 23.5 Å². The molecule has 6 nitrogen and oxygen atoms in total. The Kier molecular flexibility index (Phi) is 26.5. The fourth-order valence-corrected chi connectivity index (χ4v) is 1.01. The van der Waals surface area contributed by atoms with Gasteiger partial charge in [0.1, 0.15) is 0 Å². The van der Waals surface area contributed by atoms with Gasteiger partial charge >= 0.3 is 94.6 Å².